The first kappa shape index (κ1) is 27.9. The summed E-state index contributed by atoms with van der Waals surface area (Å²) in [4.78, 5) is 27.0. The second-order valence-electron chi connectivity index (χ2n) is 8.71. The molecule has 1 heterocycles. The Morgan fingerprint density at radius 1 is 0.972 bits per heavy atom. The number of likely N-dealkylation sites (tertiary alicyclic amines) is 1. The Morgan fingerprint density at radius 3 is 2.00 bits per heavy atom. The Balaban J connectivity index is 1.55. The standard InChI is InChI=1S/C24H24ClF6N3O2/c25-19-3-1-14(2-4-19)13-34-7-5-15(6-8-34)21(32)20(35)12-33-22(36)16-9-17(23(26,27)28)11-18(10-16)24(29,30)31/h1-4,9-11,15,21H,5-8,12-13,32H2,(H,33,36). The van der Waals surface area contributed by atoms with E-state index in [4.69, 9.17) is 17.3 Å². The van der Waals surface area contributed by atoms with Crippen LogP contribution in [0.2, 0.25) is 5.02 Å². The first-order valence-electron chi connectivity index (χ1n) is 11.1. The summed E-state index contributed by atoms with van der Waals surface area (Å²) in [6, 6.07) is 7.08. The summed E-state index contributed by atoms with van der Waals surface area (Å²) in [6.07, 6.45) is -8.93. The summed E-state index contributed by atoms with van der Waals surface area (Å²) in [6.45, 7) is 1.47. The number of nitrogens with two attached hydrogens (primary N) is 1. The maximum absolute atomic E-state index is 13.0. The van der Waals surface area contributed by atoms with E-state index in [1.807, 2.05) is 12.1 Å². The lowest BCUT2D eigenvalue weighted by Crippen LogP contribution is -2.47. The molecule has 0 aliphatic carbocycles. The van der Waals surface area contributed by atoms with Gasteiger partial charge >= 0.3 is 12.4 Å². The van der Waals surface area contributed by atoms with Gasteiger partial charge < -0.3 is 11.1 Å². The van der Waals surface area contributed by atoms with E-state index in [0.29, 0.717) is 49.6 Å². The van der Waals surface area contributed by atoms with Crippen molar-refractivity contribution < 1.29 is 35.9 Å². The highest BCUT2D eigenvalue weighted by atomic mass is 35.5. The fourth-order valence-electron chi connectivity index (χ4n) is 4.05. The highest BCUT2D eigenvalue weighted by Crippen LogP contribution is 2.36. The number of carbonyl (C=O) groups excluding carboxylic acids is 2. The molecule has 1 aliphatic rings. The Hall–Kier alpha value is -2.63. The van der Waals surface area contributed by atoms with E-state index < -0.39 is 53.3 Å². The van der Waals surface area contributed by atoms with Crippen LogP contribution in [0.3, 0.4) is 0 Å². The third kappa shape index (κ3) is 7.44. The summed E-state index contributed by atoms with van der Waals surface area (Å²) < 4.78 is 78.1. The average Bonchev–Trinajstić information content (AvgIpc) is 2.82. The molecule has 1 unspecified atom stereocenters. The van der Waals surface area contributed by atoms with Gasteiger partial charge in [0.05, 0.1) is 23.7 Å². The predicted octanol–water partition coefficient (Wildman–Crippen LogP) is 4.92. The van der Waals surface area contributed by atoms with Crippen LogP contribution >= 0.6 is 11.6 Å². The van der Waals surface area contributed by atoms with Crippen molar-refractivity contribution in [3.63, 3.8) is 0 Å². The van der Waals surface area contributed by atoms with Gasteiger partial charge in [0.25, 0.3) is 5.91 Å². The third-order valence-corrected chi connectivity index (χ3v) is 6.36. The molecule has 1 atom stereocenters. The van der Waals surface area contributed by atoms with Gasteiger partial charge in [-0.05, 0) is 67.7 Å². The van der Waals surface area contributed by atoms with Crippen molar-refractivity contribution in [2.75, 3.05) is 19.6 Å². The molecular weight excluding hydrogens is 512 g/mol. The molecule has 1 amide bonds. The zero-order valence-electron chi connectivity index (χ0n) is 18.9. The van der Waals surface area contributed by atoms with Crippen LogP contribution in [0, 0.1) is 5.92 Å². The molecule has 2 aromatic carbocycles. The van der Waals surface area contributed by atoms with Crippen LogP contribution in [0.5, 0.6) is 0 Å². The molecule has 0 spiro atoms. The summed E-state index contributed by atoms with van der Waals surface area (Å²) in [5.74, 6) is -1.95. The number of piperidine rings is 1. The van der Waals surface area contributed by atoms with E-state index in [1.165, 1.54) is 0 Å². The van der Waals surface area contributed by atoms with Crippen LogP contribution < -0.4 is 11.1 Å². The fraction of sp³-hybridized carbons (Fsp3) is 0.417. The SMILES string of the molecule is NC(C(=O)CNC(=O)c1cc(C(F)(F)F)cc(C(F)(F)F)c1)C1CCN(Cc2ccc(Cl)cc2)CC1. The number of rotatable bonds is 7. The molecule has 0 bridgehead atoms. The van der Waals surface area contributed by atoms with E-state index in [0.717, 1.165) is 5.56 Å². The minimum absolute atomic E-state index is 0.0723. The van der Waals surface area contributed by atoms with Gasteiger partial charge in [-0.3, -0.25) is 14.5 Å². The van der Waals surface area contributed by atoms with Crippen molar-refractivity contribution in [1.29, 1.82) is 0 Å². The third-order valence-electron chi connectivity index (χ3n) is 6.10. The molecule has 196 valence electrons. The van der Waals surface area contributed by atoms with Crippen molar-refractivity contribution in [2.24, 2.45) is 11.7 Å². The number of hydrogen-bond donors (Lipinski definition) is 2. The Kier molecular flexibility index (Phi) is 8.68. The minimum atomic E-state index is -5.09. The summed E-state index contributed by atoms with van der Waals surface area (Å²) >= 11 is 5.89. The van der Waals surface area contributed by atoms with Crippen molar-refractivity contribution in [3.05, 3.63) is 69.7 Å². The lowest BCUT2D eigenvalue weighted by molar-refractivity contribution is -0.143. The zero-order valence-corrected chi connectivity index (χ0v) is 19.7. The van der Waals surface area contributed by atoms with Gasteiger partial charge in [0.15, 0.2) is 5.78 Å². The van der Waals surface area contributed by atoms with Gasteiger partial charge in [0.1, 0.15) is 0 Å². The Bertz CT molecular complexity index is 1050. The number of nitrogens with zero attached hydrogens (tertiary/aromatic N) is 1. The Morgan fingerprint density at radius 2 is 1.50 bits per heavy atom. The van der Waals surface area contributed by atoms with Crippen LogP contribution in [0.25, 0.3) is 0 Å². The predicted molar refractivity (Wildman–Crippen MR) is 121 cm³/mol. The number of ketones is 1. The first-order chi connectivity index (χ1) is 16.7. The first-order valence-corrected chi connectivity index (χ1v) is 11.4. The monoisotopic (exact) mass is 535 g/mol. The highest BCUT2D eigenvalue weighted by Gasteiger charge is 2.37. The van der Waals surface area contributed by atoms with Gasteiger partial charge in [0, 0.05) is 17.1 Å². The average molecular weight is 536 g/mol. The maximum Gasteiger partial charge on any atom is 0.416 e. The van der Waals surface area contributed by atoms with Crippen LogP contribution in [0.4, 0.5) is 26.3 Å². The van der Waals surface area contributed by atoms with Gasteiger partial charge in [-0.25, -0.2) is 0 Å². The van der Waals surface area contributed by atoms with Gasteiger partial charge in [-0.15, -0.1) is 0 Å². The summed E-state index contributed by atoms with van der Waals surface area (Å²) in [5, 5.41) is 2.74. The molecule has 0 saturated carbocycles. The van der Waals surface area contributed by atoms with Crippen molar-refractivity contribution >= 4 is 23.3 Å². The Labute approximate surface area is 208 Å². The fourth-order valence-corrected chi connectivity index (χ4v) is 4.18. The molecule has 2 aromatic rings. The number of Topliss-reactive ketones (excluding diaryl/α,β-unsaturated/α-hetero) is 1. The van der Waals surface area contributed by atoms with E-state index in [9.17, 15) is 35.9 Å². The van der Waals surface area contributed by atoms with E-state index in [1.54, 1.807) is 12.1 Å². The number of carbonyl (C=O) groups is 2. The summed E-state index contributed by atoms with van der Waals surface area (Å²) in [5.41, 5.74) is 3.07. The molecule has 1 fully saturated rings. The van der Waals surface area contributed by atoms with E-state index >= 15 is 0 Å². The van der Waals surface area contributed by atoms with Crippen molar-refractivity contribution in [2.45, 2.75) is 37.8 Å². The minimum Gasteiger partial charge on any atom is -0.345 e. The number of benzene rings is 2. The van der Waals surface area contributed by atoms with Crippen molar-refractivity contribution in [1.82, 2.24) is 10.2 Å². The van der Waals surface area contributed by atoms with Gasteiger partial charge in [-0.1, -0.05) is 23.7 Å². The quantitative estimate of drug-likeness (QED) is 0.494. The second-order valence-corrected chi connectivity index (χ2v) is 9.15. The molecule has 3 N–H and O–H groups in total. The molecule has 5 nitrogen and oxygen atoms in total. The summed E-state index contributed by atoms with van der Waals surface area (Å²) in [7, 11) is 0. The highest BCUT2D eigenvalue weighted by molar-refractivity contribution is 6.30. The van der Waals surface area contributed by atoms with Crippen LogP contribution in [0.15, 0.2) is 42.5 Å². The van der Waals surface area contributed by atoms with Crippen molar-refractivity contribution in [3.8, 4) is 0 Å². The molecule has 1 saturated heterocycles. The van der Waals surface area contributed by atoms with Crippen LogP contribution in [0.1, 0.15) is 39.9 Å². The van der Waals surface area contributed by atoms with Gasteiger partial charge in [-0.2, -0.15) is 26.3 Å². The molecule has 0 radical (unpaired) electrons. The largest absolute Gasteiger partial charge is 0.416 e. The number of nitrogens with one attached hydrogen (secondary N) is 1. The van der Waals surface area contributed by atoms with E-state index in [2.05, 4.69) is 10.2 Å². The van der Waals surface area contributed by atoms with E-state index in [-0.39, 0.29) is 12.0 Å². The van der Waals surface area contributed by atoms with Crippen LogP contribution in [-0.4, -0.2) is 42.3 Å². The number of halogens is 7. The molecule has 36 heavy (non-hydrogen) atoms. The molecular formula is C24H24ClF6N3O2. The lowest BCUT2D eigenvalue weighted by Gasteiger charge is -2.34. The lowest BCUT2D eigenvalue weighted by atomic mass is 9.87. The number of amides is 1. The molecule has 12 heteroatoms. The normalized spacial score (nSPS) is 16.6. The number of hydrogen-bond acceptors (Lipinski definition) is 4. The molecule has 1 aliphatic heterocycles. The smallest absolute Gasteiger partial charge is 0.345 e. The molecule has 0 aromatic heterocycles. The number of alkyl halides is 6. The molecule has 3 rings (SSSR count). The second kappa shape index (κ2) is 11.2. The topological polar surface area (TPSA) is 75.4 Å². The zero-order chi connectivity index (χ0) is 26.7. The van der Waals surface area contributed by atoms with Crippen LogP contribution in [-0.2, 0) is 23.7 Å². The van der Waals surface area contributed by atoms with Gasteiger partial charge in [0.2, 0.25) is 0 Å². The maximum atomic E-state index is 13.0.